The van der Waals surface area contributed by atoms with Crippen LogP contribution in [-0.4, -0.2) is 48.4 Å². The summed E-state index contributed by atoms with van der Waals surface area (Å²) in [7, 11) is 0. The first kappa shape index (κ1) is 27.2. The zero-order valence-electron chi connectivity index (χ0n) is 19.2. The smallest absolute Gasteiger partial charge is 0.391 e. The summed E-state index contributed by atoms with van der Waals surface area (Å²) in [6, 6.07) is 7.33. The molecule has 1 aromatic carbocycles. The first-order valence-electron chi connectivity index (χ1n) is 11.0. The number of hydrogen-bond donors (Lipinski definition) is 2. The average molecular weight is 482 g/mol. The van der Waals surface area contributed by atoms with Gasteiger partial charge >= 0.3 is 12.1 Å². The van der Waals surface area contributed by atoms with Crippen molar-refractivity contribution in [3.8, 4) is 0 Å². The number of halogens is 3. The van der Waals surface area contributed by atoms with Crippen LogP contribution in [0.15, 0.2) is 40.3 Å². The Balaban J connectivity index is 1.96. The van der Waals surface area contributed by atoms with E-state index in [0.29, 0.717) is 0 Å². The van der Waals surface area contributed by atoms with Gasteiger partial charge in [0, 0.05) is 5.92 Å². The highest BCUT2D eigenvalue weighted by molar-refractivity contribution is 6.40. The summed E-state index contributed by atoms with van der Waals surface area (Å²) in [4.78, 5) is 31.4. The van der Waals surface area contributed by atoms with Crippen LogP contribution in [0.4, 0.5) is 13.2 Å². The zero-order valence-corrected chi connectivity index (χ0v) is 19.2. The summed E-state index contributed by atoms with van der Waals surface area (Å²) >= 11 is 0. The van der Waals surface area contributed by atoms with Gasteiger partial charge < -0.3 is 15.6 Å². The van der Waals surface area contributed by atoms with Crippen LogP contribution in [0.3, 0.4) is 0 Å². The maximum atomic E-state index is 12.9. The number of carboxylic acid groups (broad SMARTS) is 1. The number of alkyl halides is 3. The molecule has 1 fully saturated rings. The van der Waals surface area contributed by atoms with Crippen LogP contribution in [-0.2, 0) is 19.9 Å². The Morgan fingerprint density at radius 1 is 1.15 bits per heavy atom. The van der Waals surface area contributed by atoms with Gasteiger partial charge in [-0.2, -0.15) is 13.2 Å². The largest absolute Gasteiger partial charge is 0.480 e. The second kappa shape index (κ2) is 11.9. The molecule has 0 atom stereocenters. The summed E-state index contributed by atoms with van der Waals surface area (Å²) in [6.45, 7) is 3.30. The fourth-order valence-corrected chi connectivity index (χ4v) is 3.77. The predicted molar refractivity (Wildman–Crippen MR) is 124 cm³/mol. The van der Waals surface area contributed by atoms with Crippen LogP contribution in [0.25, 0.3) is 6.08 Å². The number of amidine groups is 1. The number of ketones is 1. The Morgan fingerprint density at radius 3 is 2.29 bits per heavy atom. The molecule has 0 spiro atoms. The third-order valence-electron chi connectivity index (χ3n) is 5.80. The van der Waals surface area contributed by atoms with Crippen LogP contribution in [0.1, 0.15) is 50.7 Å². The molecule has 0 heterocycles. The Hall–Kier alpha value is -3.01. The maximum Gasteiger partial charge on any atom is 0.391 e. The lowest BCUT2D eigenvalue weighted by molar-refractivity contribution is -0.184. The molecule has 1 aliphatic carbocycles. The van der Waals surface area contributed by atoms with Crippen molar-refractivity contribution in [1.29, 1.82) is 0 Å². The first-order valence-corrected chi connectivity index (χ1v) is 11.0. The van der Waals surface area contributed by atoms with Crippen molar-refractivity contribution in [2.45, 2.75) is 51.3 Å². The molecule has 0 unspecified atom stereocenters. The highest BCUT2D eigenvalue weighted by Crippen LogP contribution is 2.39. The van der Waals surface area contributed by atoms with Gasteiger partial charge in [0.1, 0.15) is 6.61 Å². The molecule has 0 bridgehead atoms. The second-order valence-electron chi connectivity index (χ2n) is 8.61. The van der Waals surface area contributed by atoms with Crippen LogP contribution in [0.2, 0.25) is 0 Å². The van der Waals surface area contributed by atoms with Gasteiger partial charge in [-0.3, -0.25) is 9.79 Å². The van der Waals surface area contributed by atoms with Crippen molar-refractivity contribution in [3.05, 3.63) is 41.5 Å². The standard InChI is InChI=1S/C24H30F3N3O4/c1-23(2,34-14-20(31)32)18-9-5-16(6-10-18)4-3-13-29-22(30-15-28)21(33)17-7-11-19(12-8-17)24(25,26)27/h3-6,9-10,15,17,19H,7-8,11-14H2,1-2H3,(H,31,32)(H2,28,29,30)/b4-3+. The molecular weight excluding hydrogens is 451 g/mol. The number of nitrogens with two attached hydrogens (primary N) is 1. The van der Waals surface area contributed by atoms with Gasteiger partial charge in [0.25, 0.3) is 0 Å². The zero-order chi connectivity index (χ0) is 25.4. The fraction of sp³-hybridized carbons (Fsp3) is 0.500. The van der Waals surface area contributed by atoms with E-state index in [2.05, 4.69) is 9.98 Å². The number of nitrogens with zero attached hydrogens (tertiary/aromatic N) is 2. The topological polar surface area (TPSA) is 114 Å². The highest BCUT2D eigenvalue weighted by atomic mass is 19.4. The van der Waals surface area contributed by atoms with Gasteiger partial charge in [0.15, 0.2) is 5.84 Å². The number of benzene rings is 1. The molecule has 10 heteroatoms. The molecule has 1 aliphatic rings. The summed E-state index contributed by atoms with van der Waals surface area (Å²) in [6.07, 6.45) is 0.385. The minimum atomic E-state index is -4.23. The lowest BCUT2D eigenvalue weighted by Crippen LogP contribution is -2.32. The molecule has 3 N–H and O–H groups in total. The molecule has 2 rings (SSSR count). The monoisotopic (exact) mass is 481 g/mol. The number of carbonyl (C=O) groups excluding carboxylic acids is 1. The van der Waals surface area contributed by atoms with Crippen molar-refractivity contribution in [2.24, 2.45) is 27.6 Å². The second-order valence-corrected chi connectivity index (χ2v) is 8.61. The van der Waals surface area contributed by atoms with E-state index in [1.165, 1.54) is 0 Å². The third-order valence-corrected chi connectivity index (χ3v) is 5.80. The van der Waals surface area contributed by atoms with E-state index in [1.807, 2.05) is 24.3 Å². The van der Waals surface area contributed by atoms with Gasteiger partial charge in [-0.05, 0) is 50.7 Å². The van der Waals surface area contributed by atoms with Crippen LogP contribution in [0.5, 0.6) is 0 Å². The molecule has 0 saturated heterocycles. The normalized spacial score (nSPS) is 20.2. The lowest BCUT2D eigenvalue weighted by atomic mass is 9.79. The molecule has 34 heavy (non-hydrogen) atoms. The van der Waals surface area contributed by atoms with Gasteiger partial charge in [-0.25, -0.2) is 9.79 Å². The lowest BCUT2D eigenvalue weighted by Gasteiger charge is -2.28. The molecule has 1 saturated carbocycles. The third kappa shape index (κ3) is 8.09. The average Bonchev–Trinajstić information content (AvgIpc) is 2.79. The summed E-state index contributed by atoms with van der Waals surface area (Å²) in [5, 5.41) is 8.79. The Bertz CT molecular complexity index is 930. The van der Waals surface area contributed by atoms with E-state index >= 15 is 0 Å². The summed E-state index contributed by atoms with van der Waals surface area (Å²) < 4.78 is 44.0. The highest BCUT2D eigenvalue weighted by Gasteiger charge is 2.42. The van der Waals surface area contributed by atoms with Gasteiger partial charge in [-0.15, -0.1) is 0 Å². The van der Waals surface area contributed by atoms with Gasteiger partial charge in [0.05, 0.1) is 24.4 Å². The number of ether oxygens (including phenoxy) is 1. The van der Waals surface area contributed by atoms with Crippen LogP contribution < -0.4 is 5.73 Å². The van der Waals surface area contributed by atoms with E-state index in [4.69, 9.17) is 15.6 Å². The molecule has 0 aliphatic heterocycles. The van der Waals surface area contributed by atoms with Crippen molar-refractivity contribution in [3.63, 3.8) is 0 Å². The Labute approximate surface area is 196 Å². The summed E-state index contributed by atoms with van der Waals surface area (Å²) in [5.74, 6) is -3.42. The number of hydrogen-bond acceptors (Lipinski definition) is 4. The number of carbonyl (C=O) groups is 2. The number of rotatable bonds is 9. The fourth-order valence-electron chi connectivity index (χ4n) is 3.77. The number of aliphatic carboxylic acids is 1. The van der Waals surface area contributed by atoms with E-state index in [-0.39, 0.29) is 43.8 Å². The molecule has 0 aromatic heterocycles. The molecule has 0 radical (unpaired) electrons. The van der Waals surface area contributed by atoms with E-state index in [1.54, 1.807) is 26.0 Å². The van der Waals surface area contributed by atoms with Crippen LogP contribution in [0, 0.1) is 11.8 Å². The van der Waals surface area contributed by atoms with Crippen molar-refractivity contribution in [1.82, 2.24) is 0 Å². The van der Waals surface area contributed by atoms with Gasteiger partial charge in [0.2, 0.25) is 5.78 Å². The quantitative estimate of drug-likeness (QED) is 0.402. The first-order chi connectivity index (χ1) is 15.9. The summed E-state index contributed by atoms with van der Waals surface area (Å²) in [5.41, 5.74) is 6.23. The predicted octanol–water partition coefficient (Wildman–Crippen LogP) is 4.36. The molecule has 186 valence electrons. The van der Waals surface area contributed by atoms with Crippen LogP contribution >= 0.6 is 0 Å². The van der Waals surface area contributed by atoms with E-state index < -0.39 is 36.2 Å². The van der Waals surface area contributed by atoms with E-state index in [0.717, 1.165) is 17.5 Å². The Kier molecular flexibility index (Phi) is 9.55. The SMILES string of the molecule is CC(C)(OCC(=O)O)c1ccc(/C=C/CN=C(N=CN)C(=O)C2CCC(C(F)(F)F)CC2)cc1. The van der Waals surface area contributed by atoms with Crippen molar-refractivity contribution in [2.75, 3.05) is 13.2 Å². The van der Waals surface area contributed by atoms with E-state index in [9.17, 15) is 22.8 Å². The number of Topliss-reactive ketones (excluding diaryl/α,β-unsaturated/α-hetero) is 1. The molecule has 7 nitrogen and oxygen atoms in total. The van der Waals surface area contributed by atoms with Gasteiger partial charge in [-0.1, -0.05) is 36.4 Å². The number of carboxylic acids is 1. The van der Waals surface area contributed by atoms with Crippen molar-refractivity contribution < 1.29 is 32.6 Å². The van der Waals surface area contributed by atoms with Crippen molar-refractivity contribution >= 4 is 30.0 Å². The minimum absolute atomic E-state index is 0.0758. The minimum Gasteiger partial charge on any atom is -0.480 e. The maximum absolute atomic E-state index is 12.9. The number of aliphatic imine (C=N–C) groups is 2. The molecule has 1 aromatic rings. The molecule has 0 amide bonds. The molecular formula is C24H30F3N3O4. The Morgan fingerprint density at radius 2 is 1.76 bits per heavy atom.